The largest absolute Gasteiger partial charge is 0.352 e. The molecule has 6 nitrogen and oxygen atoms in total. The molecule has 0 aliphatic rings. The van der Waals surface area contributed by atoms with Crippen LogP contribution >= 0.6 is 22.7 Å². The number of thiophene rings is 1. The minimum Gasteiger partial charge on any atom is -0.352 e. The fourth-order valence-electron chi connectivity index (χ4n) is 2.11. The lowest BCUT2D eigenvalue weighted by Gasteiger charge is -2.04. The summed E-state index contributed by atoms with van der Waals surface area (Å²) in [5.74, 6) is -0.223. The van der Waals surface area contributed by atoms with Gasteiger partial charge in [-0.25, -0.2) is 4.98 Å². The first-order valence-electron chi connectivity index (χ1n) is 7.68. The van der Waals surface area contributed by atoms with Crippen LogP contribution in [0.3, 0.4) is 0 Å². The van der Waals surface area contributed by atoms with Crippen LogP contribution < -0.4 is 10.6 Å². The summed E-state index contributed by atoms with van der Waals surface area (Å²) < 4.78 is 0. The van der Waals surface area contributed by atoms with E-state index < -0.39 is 0 Å². The molecule has 3 rings (SSSR count). The molecule has 8 heteroatoms. The van der Waals surface area contributed by atoms with E-state index in [1.165, 1.54) is 22.7 Å². The number of hydrogen-bond donors (Lipinski definition) is 2. The number of nitrogens with one attached hydrogen (secondary N) is 2. The molecule has 0 radical (unpaired) electrons. The molecule has 128 valence electrons. The lowest BCUT2D eigenvalue weighted by molar-refractivity contribution is -0.116. The molecular formula is C17H16N4O2S2. The molecule has 2 N–H and O–H groups in total. The van der Waals surface area contributed by atoms with Crippen molar-refractivity contribution in [3.63, 3.8) is 0 Å². The third-order valence-corrected chi connectivity index (χ3v) is 4.80. The van der Waals surface area contributed by atoms with Crippen LogP contribution in [0.1, 0.15) is 23.2 Å². The molecule has 2 amide bonds. The van der Waals surface area contributed by atoms with Crippen molar-refractivity contribution in [3.05, 3.63) is 52.3 Å². The Kier molecular flexibility index (Phi) is 5.86. The van der Waals surface area contributed by atoms with Gasteiger partial charge in [0.2, 0.25) is 5.91 Å². The van der Waals surface area contributed by atoms with Crippen LogP contribution in [0.4, 0.5) is 5.13 Å². The third-order valence-electron chi connectivity index (χ3n) is 3.36. The minimum absolute atomic E-state index is 0.109. The molecule has 3 aromatic rings. The van der Waals surface area contributed by atoms with Crippen molar-refractivity contribution < 1.29 is 9.59 Å². The smallest absolute Gasteiger partial charge is 0.252 e. The van der Waals surface area contributed by atoms with Gasteiger partial charge in [-0.2, -0.15) is 11.3 Å². The highest BCUT2D eigenvalue weighted by Crippen LogP contribution is 2.24. The first-order chi connectivity index (χ1) is 12.2. The zero-order valence-electron chi connectivity index (χ0n) is 13.3. The van der Waals surface area contributed by atoms with Gasteiger partial charge in [-0.1, -0.05) is 0 Å². The van der Waals surface area contributed by atoms with Gasteiger partial charge in [0.05, 0.1) is 5.69 Å². The second kappa shape index (κ2) is 8.50. The molecule has 3 heterocycles. The number of hydrogen-bond acceptors (Lipinski definition) is 6. The van der Waals surface area contributed by atoms with Gasteiger partial charge in [-0.3, -0.25) is 14.6 Å². The van der Waals surface area contributed by atoms with Crippen LogP contribution in [0.15, 0.2) is 46.7 Å². The maximum Gasteiger partial charge on any atom is 0.252 e. The van der Waals surface area contributed by atoms with E-state index in [1.807, 2.05) is 22.9 Å². The zero-order valence-corrected chi connectivity index (χ0v) is 14.9. The zero-order chi connectivity index (χ0) is 17.5. The number of rotatable bonds is 7. The van der Waals surface area contributed by atoms with E-state index in [0.717, 1.165) is 11.3 Å². The maximum absolute atomic E-state index is 12.0. The highest BCUT2D eigenvalue weighted by atomic mass is 32.1. The fourth-order valence-corrected chi connectivity index (χ4v) is 3.48. The van der Waals surface area contributed by atoms with Crippen molar-refractivity contribution in [1.29, 1.82) is 0 Å². The fraction of sp³-hybridized carbons (Fsp3) is 0.176. The Morgan fingerprint density at radius 2 is 2.12 bits per heavy atom. The maximum atomic E-state index is 12.0. The summed E-state index contributed by atoms with van der Waals surface area (Å²) in [5.41, 5.74) is 2.35. The number of carbonyl (C=O) groups is 2. The molecule has 0 aromatic carbocycles. The normalized spacial score (nSPS) is 10.4. The highest BCUT2D eigenvalue weighted by molar-refractivity contribution is 7.14. The van der Waals surface area contributed by atoms with E-state index in [9.17, 15) is 9.59 Å². The van der Waals surface area contributed by atoms with Crippen LogP contribution in [0.2, 0.25) is 0 Å². The molecule has 0 fully saturated rings. The Balaban J connectivity index is 1.41. The highest BCUT2D eigenvalue weighted by Gasteiger charge is 2.09. The number of aromatic nitrogens is 2. The van der Waals surface area contributed by atoms with Crippen molar-refractivity contribution in [2.24, 2.45) is 0 Å². The summed E-state index contributed by atoms with van der Waals surface area (Å²) in [5, 5.41) is 11.7. The topological polar surface area (TPSA) is 84.0 Å². The first-order valence-corrected chi connectivity index (χ1v) is 9.51. The van der Waals surface area contributed by atoms with Crippen LogP contribution in [-0.4, -0.2) is 28.3 Å². The quantitative estimate of drug-likeness (QED) is 0.623. The summed E-state index contributed by atoms with van der Waals surface area (Å²) in [6.45, 7) is 0.459. The van der Waals surface area contributed by atoms with Crippen LogP contribution in [0, 0.1) is 0 Å². The summed E-state index contributed by atoms with van der Waals surface area (Å²) in [6, 6.07) is 5.54. The van der Waals surface area contributed by atoms with Crippen molar-refractivity contribution in [2.45, 2.75) is 12.8 Å². The second-order valence-corrected chi connectivity index (χ2v) is 6.84. The molecule has 0 saturated heterocycles. The summed E-state index contributed by atoms with van der Waals surface area (Å²) in [6.07, 6.45) is 4.33. The lowest BCUT2D eigenvalue weighted by atomic mass is 10.2. The molecule has 0 aliphatic heterocycles. The Morgan fingerprint density at radius 3 is 2.88 bits per heavy atom. The number of nitrogens with zero attached hydrogens (tertiary/aromatic N) is 2. The van der Waals surface area contributed by atoms with E-state index in [4.69, 9.17) is 0 Å². The standard InChI is InChI=1S/C17H16N4O2S2/c22-15(4-2-7-19-16(23)13-5-8-24-10-13)21-17-20-14(11-25-17)12-3-1-6-18-9-12/h1,3,5-6,8-11H,2,4,7H2,(H,19,23)(H,20,21,22). The molecule has 0 unspecified atom stereocenters. The summed E-state index contributed by atoms with van der Waals surface area (Å²) >= 11 is 2.85. The van der Waals surface area contributed by atoms with E-state index in [-0.39, 0.29) is 11.8 Å². The number of carbonyl (C=O) groups excluding carboxylic acids is 2. The number of pyridine rings is 1. The number of amides is 2. The van der Waals surface area contributed by atoms with Crippen LogP contribution in [0.25, 0.3) is 11.3 Å². The van der Waals surface area contributed by atoms with Crippen molar-refractivity contribution in [1.82, 2.24) is 15.3 Å². The molecule has 0 bridgehead atoms. The molecule has 0 atom stereocenters. The first kappa shape index (κ1) is 17.2. The van der Waals surface area contributed by atoms with Gasteiger partial charge in [0, 0.05) is 47.2 Å². The second-order valence-electron chi connectivity index (χ2n) is 5.20. The van der Waals surface area contributed by atoms with E-state index in [2.05, 4.69) is 20.6 Å². The minimum atomic E-state index is -0.114. The number of anilines is 1. The Morgan fingerprint density at radius 1 is 1.20 bits per heavy atom. The van der Waals surface area contributed by atoms with Gasteiger partial charge in [0.25, 0.3) is 5.91 Å². The van der Waals surface area contributed by atoms with Gasteiger partial charge in [0.15, 0.2) is 5.13 Å². The van der Waals surface area contributed by atoms with Crippen LogP contribution in [-0.2, 0) is 4.79 Å². The lowest BCUT2D eigenvalue weighted by Crippen LogP contribution is -2.25. The predicted octanol–water partition coefficient (Wildman–Crippen LogP) is 3.42. The van der Waals surface area contributed by atoms with E-state index in [0.29, 0.717) is 30.1 Å². The molecule has 25 heavy (non-hydrogen) atoms. The Labute approximate surface area is 153 Å². The summed E-state index contributed by atoms with van der Waals surface area (Å²) in [4.78, 5) is 32.2. The molecular weight excluding hydrogens is 356 g/mol. The molecule has 0 aliphatic carbocycles. The van der Waals surface area contributed by atoms with Crippen molar-refractivity contribution >= 4 is 39.6 Å². The van der Waals surface area contributed by atoms with Gasteiger partial charge in [-0.15, -0.1) is 11.3 Å². The monoisotopic (exact) mass is 372 g/mol. The Bertz CT molecular complexity index is 831. The van der Waals surface area contributed by atoms with Gasteiger partial charge >= 0.3 is 0 Å². The third kappa shape index (κ3) is 4.94. The number of thiazole rings is 1. The van der Waals surface area contributed by atoms with Gasteiger partial charge < -0.3 is 10.6 Å². The molecule has 0 saturated carbocycles. The van der Waals surface area contributed by atoms with Crippen molar-refractivity contribution in [3.8, 4) is 11.3 Å². The molecule has 0 spiro atoms. The molecule has 3 aromatic heterocycles. The van der Waals surface area contributed by atoms with Crippen molar-refractivity contribution in [2.75, 3.05) is 11.9 Å². The summed E-state index contributed by atoms with van der Waals surface area (Å²) in [7, 11) is 0. The van der Waals surface area contributed by atoms with E-state index in [1.54, 1.807) is 23.8 Å². The Hall–Kier alpha value is -2.58. The van der Waals surface area contributed by atoms with Gasteiger partial charge in [0.1, 0.15) is 0 Å². The average molecular weight is 372 g/mol. The average Bonchev–Trinajstić information content (AvgIpc) is 3.31. The predicted molar refractivity (Wildman–Crippen MR) is 99.9 cm³/mol. The SMILES string of the molecule is O=C(CCCNC(=O)c1ccsc1)Nc1nc(-c2cccnc2)cs1. The van der Waals surface area contributed by atoms with Crippen LogP contribution in [0.5, 0.6) is 0 Å². The van der Waals surface area contributed by atoms with E-state index >= 15 is 0 Å². The van der Waals surface area contributed by atoms with Gasteiger partial charge in [-0.05, 0) is 30.0 Å².